The van der Waals surface area contributed by atoms with E-state index in [1.54, 1.807) is 12.0 Å². The third-order valence-electron chi connectivity index (χ3n) is 3.03. The van der Waals surface area contributed by atoms with Gasteiger partial charge in [-0.25, -0.2) is 0 Å². The van der Waals surface area contributed by atoms with Gasteiger partial charge in [0.25, 0.3) is 0 Å². The zero-order chi connectivity index (χ0) is 15.8. The van der Waals surface area contributed by atoms with Crippen LogP contribution in [0.1, 0.15) is 26.3 Å². The molecule has 1 aromatic carbocycles. The fourth-order valence-electron chi connectivity index (χ4n) is 1.95. The van der Waals surface area contributed by atoms with Gasteiger partial charge in [0.15, 0.2) is 0 Å². The van der Waals surface area contributed by atoms with E-state index in [1.807, 2.05) is 45.0 Å². The maximum absolute atomic E-state index is 12.2. The Kier molecular flexibility index (Phi) is 6.72. The average molecular weight is 292 g/mol. The van der Waals surface area contributed by atoms with Crippen LogP contribution in [0.3, 0.4) is 0 Å². The second-order valence-corrected chi connectivity index (χ2v) is 5.15. The largest absolute Gasteiger partial charge is 0.497 e. The number of benzene rings is 1. The van der Waals surface area contributed by atoms with Gasteiger partial charge in [0.2, 0.25) is 11.8 Å². The summed E-state index contributed by atoms with van der Waals surface area (Å²) in [5, 5.41) is 2.79. The molecule has 5 heteroatoms. The Labute approximate surface area is 126 Å². The highest BCUT2D eigenvalue weighted by molar-refractivity contribution is 5.85. The molecule has 21 heavy (non-hydrogen) atoms. The van der Waals surface area contributed by atoms with Crippen LogP contribution in [0.4, 0.5) is 0 Å². The van der Waals surface area contributed by atoms with Crippen molar-refractivity contribution in [3.8, 4) is 5.75 Å². The molecule has 116 valence electrons. The lowest BCUT2D eigenvalue weighted by atomic mass is 10.1. The second-order valence-electron chi connectivity index (χ2n) is 5.15. The molecule has 0 heterocycles. The van der Waals surface area contributed by atoms with Gasteiger partial charge in [0.1, 0.15) is 5.75 Å². The number of ether oxygens (including phenoxy) is 1. The van der Waals surface area contributed by atoms with E-state index in [9.17, 15) is 9.59 Å². The van der Waals surface area contributed by atoms with Gasteiger partial charge in [0.05, 0.1) is 20.1 Å². The van der Waals surface area contributed by atoms with Crippen LogP contribution in [0.15, 0.2) is 24.3 Å². The summed E-state index contributed by atoms with van der Waals surface area (Å²) in [7, 11) is 1.60. The van der Waals surface area contributed by atoms with Crippen molar-refractivity contribution >= 4 is 11.8 Å². The third kappa shape index (κ3) is 5.85. The van der Waals surface area contributed by atoms with Gasteiger partial charge in [-0.3, -0.25) is 9.59 Å². The van der Waals surface area contributed by atoms with E-state index in [1.165, 1.54) is 0 Å². The first-order valence-electron chi connectivity index (χ1n) is 7.16. The summed E-state index contributed by atoms with van der Waals surface area (Å²) in [4.78, 5) is 25.5. The van der Waals surface area contributed by atoms with Crippen LogP contribution in [0.25, 0.3) is 0 Å². The molecule has 0 atom stereocenters. The minimum atomic E-state index is -0.130. The lowest BCUT2D eigenvalue weighted by Crippen LogP contribution is -2.43. The van der Waals surface area contributed by atoms with Gasteiger partial charge in [0, 0.05) is 12.6 Å². The molecule has 0 aliphatic rings. The van der Waals surface area contributed by atoms with Crippen molar-refractivity contribution in [2.75, 3.05) is 20.2 Å². The fourth-order valence-corrected chi connectivity index (χ4v) is 1.95. The summed E-state index contributed by atoms with van der Waals surface area (Å²) in [5.41, 5.74) is 0.906. The molecule has 1 aromatic rings. The predicted octanol–water partition coefficient (Wildman–Crippen LogP) is 1.61. The van der Waals surface area contributed by atoms with E-state index in [2.05, 4.69) is 5.32 Å². The van der Waals surface area contributed by atoms with Crippen LogP contribution in [0.2, 0.25) is 0 Å². The number of hydrogen-bond donors (Lipinski definition) is 1. The number of methoxy groups -OCH3 is 1. The molecule has 2 amide bonds. The normalized spacial score (nSPS) is 10.3. The van der Waals surface area contributed by atoms with Crippen LogP contribution < -0.4 is 10.1 Å². The topological polar surface area (TPSA) is 58.6 Å². The number of hydrogen-bond acceptors (Lipinski definition) is 3. The first-order valence-corrected chi connectivity index (χ1v) is 7.16. The van der Waals surface area contributed by atoms with Crippen molar-refractivity contribution in [3.63, 3.8) is 0 Å². The number of likely N-dealkylation sites (N-methyl/N-ethyl adjacent to an activating group) is 1. The first-order chi connectivity index (χ1) is 9.96. The highest BCUT2D eigenvalue weighted by atomic mass is 16.5. The monoisotopic (exact) mass is 292 g/mol. The van der Waals surface area contributed by atoms with Gasteiger partial charge < -0.3 is 15.0 Å². The highest BCUT2D eigenvalue weighted by Crippen LogP contribution is 2.12. The van der Waals surface area contributed by atoms with Crippen molar-refractivity contribution in [1.82, 2.24) is 10.2 Å². The maximum Gasteiger partial charge on any atom is 0.239 e. The van der Waals surface area contributed by atoms with Crippen molar-refractivity contribution in [3.05, 3.63) is 29.8 Å². The van der Waals surface area contributed by atoms with Gasteiger partial charge >= 0.3 is 0 Å². The number of amides is 2. The molecule has 0 saturated heterocycles. The Bertz CT molecular complexity index is 469. The predicted molar refractivity (Wildman–Crippen MR) is 82.2 cm³/mol. The summed E-state index contributed by atoms with van der Waals surface area (Å²) in [5.74, 6) is 0.575. The second kappa shape index (κ2) is 8.29. The summed E-state index contributed by atoms with van der Waals surface area (Å²) in [6.07, 6.45) is 0.285. The number of nitrogens with zero attached hydrogens (tertiary/aromatic N) is 1. The zero-order valence-corrected chi connectivity index (χ0v) is 13.2. The standard InChI is InChI=1S/C16H24N2O3/c1-5-18(11-15(19)17-12(2)3)16(20)10-13-6-8-14(21-4)9-7-13/h6-9,12H,5,10-11H2,1-4H3,(H,17,19). The van der Waals surface area contributed by atoms with E-state index >= 15 is 0 Å². The molecule has 0 saturated carbocycles. The van der Waals surface area contributed by atoms with E-state index in [0.717, 1.165) is 11.3 Å². The number of rotatable bonds is 7. The molecule has 0 spiro atoms. The van der Waals surface area contributed by atoms with Crippen molar-refractivity contribution in [2.45, 2.75) is 33.2 Å². The molecule has 0 aromatic heterocycles. The minimum Gasteiger partial charge on any atom is -0.497 e. The first kappa shape index (κ1) is 17.0. The van der Waals surface area contributed by atoms with Gasteiger partial charge in [-0.2, -0.15) is 0 Å². The van der Waals surface area contributed by atoms with Gasteiger partial charge in [-0.05, 0) is 38.5 Å². The smallest absolute Gasteiger partial charge is 0.239 e. The molecule has 0 radical (unpaired) electrons. The fraction of sp³-hybridized carbons (Fsp3) is 0.500. The quantitative estimate of drug-likeness (QED) is 0.830. The van der Waals surface area contributed by atoms with Crippen LogP contribution in [-0.4, -0.2) is 43.0 Å². The van der Waals surface area contributed by atoms with Crippen molar-refractivity contribution in [2.24, 2.45) is 0 Å². The summed E-state index contributed by atoms with van der Waals surface area (Å²) < 4.78 is 5.08. The maximum atomic E-state index is 12.2. The molecule has 0 unspecified atom stereocenters. The lowest BCUT2D eigenvalue weighted by Gasteiger charge is -2.21. The van der Waals surface area contributed by atoms with Crippen LogP contribution in [-0.2, 0) is 16.0 Å². The number of carbonyl (C=O) groups excluding carboxylic acids is 2. The zero-order valence-electron chi connectivity index (χ0n) is 13.2. The molecule has 0 bridgehead atoms. The van der Waals surface area contributed by atoms with Crippen LogP contribution in [0, 0.1) is 0 Å². The molecule has 0 aliphatic carbocycles. The summed E-state index contributed by atoms with van der Waals surface area (Å²) >= 11 is 0. The molecule has 5 nitrogen and oxygen atoms in total. The average Bonchev–Trinajstić information content (AvgIpc) is 2.44. The summed E-state index contributed by atoms with van der Waals surface area (Å²) in [6.45, 7) is 6.28. The third-order valence-corrected chi connectivity index (χ3v) is 3.03. The molecule has 1 rings (SSSR count). The van der Waals surface area contributed by atoms with E-state index in [0.29, 0.717) is 6.54 Å². The van der Waals surface area contributed by atoms with E-state index in [-0.39, 0.29) is 30.8 Å². The number of carbonyl (C=O) groups is 2. The number of nitrogens with one attached hydrogen (secondary N) is 1. The minimum absolute atomic E-state index is 0.0541. The molecule has 1 N–H and O–H groups in total. The molecular weight excluding hydrogens is 268 g/mol. The van der Waals surface area contributed by atoms with Crippen LogP contribution >= 0.6 is 0 Å². The van der Waals surface area contributed by atoms with E-state index < -0.39 is 0 Å². The van der Waals surface area contributed by atoms with Crippen molar-refractivity contribution in [1.29, 1.82) is 0 Å². The Morgan fingerprint density at radius 2 is 1.86 bits per heavy atom. The lowest BCUT2D eigenvalue weighted by molar-refractivity contribution is -0.135. The Morgan fingerprint density at radius 3 is 2.33 bits per heavy atom. The molecule has 0 aliphatic heterocycles. The summed E-state index contributed by atoms with van der Waals surface area (Å²) in [6, 6.07) is 7.44. The van der Waals surface area contributed by atoms with Crippen molar-refractivity contribution < 1.29 is 14.3 Å². The molecule has 0 fully saturated rings. The highest BCUT2D eigenvalue weighted by Gasteiger charge is 2.16. The Hall–Kier alpha value is -2.04. The SMILES string of the molecule is CCN(CC(=O)NC(C)C)C(=O)Cc1ccc(OC)cc1. The van der Waals surface area contributed by atoms with Gasteiger partial charge in [-0.1, -0.05) is 12.1 Å². The van der Waals surface area contributed by atoms with Crippen LogP contribution in [0.5, 0.6) is 5.75 Å². The van der Waals surface area contributed by atoms with Gasteiger partial charge in [-0.15, -0.1) is 0 Å². The molecular formula is C16H24N2O3. The van der Waals surface area contributed by atoms with E-state index in [4.69, 9.17) is 4.74 Å². The Morgan fingerprint density at radius 1 is 1.24 bits per heavy atom. The Balaban J connectivity index is 2.59.